The molecule has 0 bridgehead atoms. The largest absolute Gasteiger partial charge is 0.494 e. The molecule has 0 unspecified atom stereocenters. The molecule has 8 nitrogen and oxygen atoms in total. The summed E-state index contributed by atoms with van der Waals surface area (Å²) in [6, 6.07) is 19.4. The number of ether oxygens (including phenoxy) is 2. The molecule has 0 aliphatic heterocycles. The number of benzene rings is 3. The first kappa shape index (κ1) is 30.5. The number of hydrogen-bond acceptors (Lipinski definition) is 7. The summed E-state index contributed by atoms with van der Waals surface area (Å²) in [6.07, 6.45) is 0.723. The third-order valence-corrected chi connectivity index (χ3v) is 6.30. The van der Waals surface area contributed by atoms with Gasteiger partial charge in [0.05, 0.1) is 35.6 Å². The number of fused-ring (bicyclic) bond motifs is 1. The van der Waals surface area contributed by atoms with Crippen molar-refractivity contribution in [1.29, 1.82) is 0 Å². The minimum Gasteiger partial charge on any atom is -0.494 e. The number of rotatable bonds is 11. The van der Waals surface area contributed by atoms with Crippen molar-refractivity contribution in [2.75, 3.05) is 13.2 Å². The van der Waals surface area contributed by atoms with E-state index in [1.54, 1.807) is 13.0 Å². The van der Waals surface area contributed by atoms with Gasteiger partial charge in [0.25, 0.3) is 0 Å². The summed E-state index contributed by atoms with van der Waals surface area (Å²) in [5.41, 5.74) is 4.04. The van der Waals surface area contributed by atoms with Crippen molar-refractivity contribution in [2.24, 2.45) is 4.99 Å². The standard InChI is InChI=1S/C33H36FN3O5/c1-5-41-28(38)16-11-21-7-6-8-23(17-21)31(30-26-15-12-24(34)18-27(26)37-32(30)40)36-25-13-9-22(10-14-25)19-35-20-29(39)42-33(2,3)4/h6-10,12-15,17-18,35,37,40H,5,11,16,19-20H2,1-4H3. The van der Waals surface area contributed by atoms with Gasteiger partial charge < -0.3 is 24.9 Å². The Morgan fingerprint density at radius 3 is 2.48 bits per heavy atom. The number of aliphatic imine (C=N–C) groups is 1. The zero-order chi connectivity index (χ0) is 30.3. The summed E-state index contributed by atoms with van der Waals surface area (Å²) in [4.78, 5) is 31.7. The van der Waals surface area contributed by atoms with Gasteiger partial charge in [-0.2, -0.15) is 0 Å². The second-order valence-corrected chi connectivity index (χ2v) is 10.9. The number of aromatic nitrogens is 1. The number of nitrogens with zero attached hydrogens (tertiary/aromatic N) is 1. The minimum atomic E-state index is -0.538. The summed E-state index contributed by atoms with van der Waals surface area (Å²) < 4.78 is 24.3. The van der Waals surface area contributed by atoms with Gasteiger partial charge in [-0.25, -0.2) is 9.38 Å². The highest BCUT2D eigenvalue weighted by Crippen LogP contribution is 2.32. The Hall–Kier alpha value is -4.50. The molecule has 0 atom stereocenters. The average Bonchev–Trinajstić information content (AvgIpc) is 3.25. The average molecular weight is 574 g/mol. The van der Waals surface area contributed by atoms with E-state index < -0.39 is 11.4 Å². The summed E-state index contributed by atoms with van der Waals surface area (Å²) in [7, 11) is 0. The van der Waals surface area contributed by atoms with Gasteiger partial charge in [-0.3, -0.25) is 9.59 Å². The molecular weight excluding hydrogens is 537 g/mol. The van der Waals surface area contributed by atoms with E-state index in [9.17, 15) is 19.1 Å². The number of carbonyl (C=O) groups excluding carboxylic acids is 2. The van der Waals surface area contributed by atoms with E-state index in [0.717, 1.165) is 16.7 Å². The van der Waals surface area contributed by atoms with E-state index in [2.05, 4.69) is 10.3 Å². The van der Waals surface area contributed by atoms with Crippen LogP contribution in [0.1, 0.15) is 56.4 Å². The molecule has 1 aromatic heterocycles. The molecule has 0 radical (unpaired) electrons. The van der Waals surface area contributed by atoms with Crippen LogP contribution >= 0.6 is 0 Å². The fourth-order valence-electron chi connectivity index (χ4n) is 4.52. The van der Waals surface area contributed by atoms with Crippen LogP contribution in [0.25, 0.3) is 10.9 Å². The molecule has 9 heteroatoms. The third kappa shape index (κ3) is 8.27. The molecule has 0 fully saturated rings. The zero-order valence-electron chi connectivity index (χ0n) is 24.3. The van der Waals surface area contributed by atoms with Crippen molar-refractivity contribution in [1.82, 2.24) is 10.3 Å². The number of aryl methyl sites for hydroxylation is 1. The maximum atomic E-state index is 13.9. The molecule has 0 spiro atoms. The zero-order valence-corrected chi connectivity index (χ0v) is 24.3. The van der Waals surface area contributed by atoms with E-state index in [1.165, 1.54) is 12.1 Å². The van der Waals surface area contributed by atoms with Crippen molar-refractivity contribution in [3.63, 3.8) is 0 Å². The van der Waals surface area contributed by atoms with Gasteiger partial charge >= 0.3 is 11.9 Å². The number of hydrogen-bond donors (Lipinski definition) is 3. The van der Waals surface area contributed by atoms with Gasteiger partial charge in [0.1, 0.15) is 11.4 Å². The second-order valence-electron chi connectivity index (χ2n) is 10.9. The van der Waals surface area contributed by atoms with Gasteiger partial charge in [-0.1, -0.05) is 30.3 Å². The summed E-state index contributed by atoms with van der Waals surface area (Å²) in [6.45, 7) is 8.13. The van der Waals surface area contributed by atoms with E-state index >= 15 is 0 Å². The fraction of sp³-hybridized carbons (Fsp3) is 0.303. The quantitative estimate of drug-likeness (QED) is 0.147. The van der Waals surface area contributed by atoms with Crippen LogP contribution in [0, 0.1) is 5.82 Å². The minimum absolute atomic E-state index is 0.0915. The summed E-state index contributed by atoms with van der Waals surface area (Å²) in [5, 5.41) is 14.6. The monoisotopic (exact) mass is 573 g/mol. The number of esters is 2. The normalized spacial score (nSPS) is 12.0. The van der Waals surface area contributed by atoms with Gasteiger partial charge in [-0.15, -0.1) is 0 Å². The van der Waals surface area contributed by atoms with Crippen LogP contribution in [0.2, 0.25) is 0 Å². The lowest BCUT2D eigenvalue weighted by Crippen LogP contribution is -2.31. The lowest BCUT2D eigenvalue weighted by atomic mass is 9.97. The predicted molar refractivity (Wildman–Crippen MR) is 161 cm³/mol. The summed E-state index contributed by atoms with van der Waals surface area (Å²) in [5.74, 6) is -1.15. The molecule has 0 saturated heterocycles. The molecular formula is C33H36FN3O5. The first-order valence-electron chi connectivity index (χ1n) is 13.9. The number of carbonyl (C=O) groups is 2. The van der Waals surface area contributed by atoms with Crippen molar-refractivity contribution >= 4 is 34.2 Å². The number of aromatic amines is 1. The van der Waals surface area contributed by atoms with E-state index in [-0.39, 0.29) is 30.8 Å². The number of halogens is 1. The molecule has 0 saturated carbocycles. The molecule has 4 rings (SSSR count). The molecule has 0 aliphatic carbocycles. The van der Waals surface area contributed by atoms with E-state index in [4.69, 9.17) is 14.5 Å². The second kappa shape index (κ2) is 13.4. The number of H-pyrrole nitrogens is 1. The van der Waals surface area contributed by atoms with Crippen LogP contribution in [0.5, 0.6) is 5.88 Å². The molecule has 1 heterocycles. The van der Waals surface area contributed by atoms with Crippen molar-refractivity contribution < 1.29 is 28.6 Å². The molecule has 0 amide bonds. The van der Waals surface area contributed by atoms with Crippen LogP contribution in [0.15, 0.2) is 71.7 Å². The highest BCUT2D eigenvalue weighted by atomic mass is 19.1. The molecule has 3 aromatic carbocycles. The smallest absolute Gasteiger partial charge is 0.320 e. The topological polar surface area (TPSA) is 113 Å². The van der Waals surface area contributed by atoms with Gasteiger partial charge in [0, 0.05) is 23.9 Å². The third-order valence-electron chi connectivity index (χ3n) is 6.30. The van der Waals surface area contributed by atoms with Crippen LogP contribution in [0.4, 0.5) is 10.1 Å². The van der Waals surface area contributed by atoms with Crippen LogP contribution in [-0.2, 0) is 32.0 Å². The maximum absolute atomic E-state index is 13.9. The Morgan fingerprint density at radius 2 is 1.76 bits per heavy atom. The van der Waals surface area contributed by atoms with Gasteiger partial charge in [0.15, 0.2) is 5.88 Å². The maximum Gasteiger partial charge on any atom is 0.320 e. The van der Waals surface area contributed by atoms with Crippen molar-refractivity contribution in [3.05, 3.63) is 94.8 Å². The number of aromatic hydroxyl groups is 1. The Labute approximate surface area is 244 Å². The van der Waals surface area contributed by atoms with Gasteiger partial charge in [-0.05, 0) is 81.6 Å². The molecule has 220 valence electrons. The van der Waals surface area contributed by atoms with E-state index in [0.29, 0.717) is 47.4 Å². The SMILES string of the molecule is CCOC(=O)CCc1cccc(C(=Nc2ccc(CNCC(=O)OC(C)(C)C)cc2)c2c(O)[nH]c3cc(F)ccc23)c1. The van der Waals surface area contributed by atoms with Gasteiger partial charge in [0.2, 0.25) is 0 Å². The predicted octanol–water partition coefficient (Wildman–Crippen LogP) is 6.11. The molecule has 0 aliphatic rings. The highest BCUT2D eigenvalue weighted by molar-refractivity contribution is 6.22. The Balaban J connectivity index is 1.63. The fourth-order valence-corrected chi connectivity index (χ4v) is 4.52. The highest BCUT2D eigenvalue weighted by Gasteiger charge is 2.20. The van der Waals surface area contributed by atoms with Crippen LogP contribution in [-0.4, -0.2) is 46.5 Å². The molecule has 42 heavy (non-hydrogen) atoms. The molecule has 3 N–H and O–H groups in total. The lowest BCUT2D eigenvalue weighted by Gasteiger charge is -2.19. The first-order chi connectivity index (χ1) is 20.0. The lowest BCUT2D eigenvalue weighted by molar-refractivity contribution is -0.153. The van der Waals surface area contributed by atoms with Crippen LogP contribution < -0.4 is 5.32 Å². The number of nitrogens with one attached hydrogen (secondary N) is 2. The van der Waals surface area contributed by atoms with E-state index in [1.807, 2.05) is 69.3 Å². The van der Waals surface area contributed by atoms with Crippen LogP contribution in [0.3, 0.4) is 0 Å². The Morgan fingerprint density at radius 1 is 1.00 bits per heavy atom. The van der Waals surface area contributed by atoms with Crippen molar-refractivity contribution in [2.45, 2.75) is 52.7 Å². The molecule has 4 aromatic rings. The Bertz CT molecular complexity index is 1590. The van der Waals surface area contributed by atoms with Crippen molar-refractivity contribution in [3.8, 4) is 5.88 Å². The summed E-state index contributed by atoms with van der Waals surface area (Å²) >= 11 is 0. The first-order valence-corrected chi connectivity index (χ1v) is 13.9. The Kier molecular flexibility index (Phi) is 9.75.